The van der Waals surface area contributed by atoms with Crippen molar-refractivity contribution in [3.05, 3.63) is 95.5 Å². The van der Waals surface area contributed by atoms with Crippen molar-refractivity contribution in [2.75, 3.05) is 10.6 Å². The summed E-state index contributed by atoms with van der Waals surface area (Å²) in [4.78, 5) is 12.9. The summed E-state index contributed by atoms with van der Waals surface area (Å²) in [6.07, 6.45) is 0. The molecule has 4 nitrogen and oxygen atoms in total. The number of hydrogen-bond donors (Lipinski definition) is 2. The largest absolute Gasteiger partial charge is 0.449 e. The van der Waals surface area contributed by atoms with Crippen molar-refractivity contribution in [1.82, 2.24) is 0 Å². The minimum Gasteiger partial charge on any atom is -0.449 e. The van der Waals surface area contributed by atoms with Crippen molar-refractivity contribution >= 4 is 28.3 Å². The average Bonchev–Trinajstić information content (AvgIpc) is 3.06. The topological polar surface area (TPSA) is 54.3 Å². The van der Waals surface area contributed by atoms with Crippen LogP contribution >= 0.6 is 0 Å². The predicted molar refractivity (Wildman–Crippen MR) is 109 cm³/mol. The Balaban J connectivity index is 1.66. The van der Waals surface area contributed by atoms with Crippen LogP contribution in [-0.4, -0.2) is 5.91 Å². The molecule has 4 aromatic rings. The standard InChI is InChI=1S/C23H19FN2O2/c1-15-7-6-9-17(13-15)26-23(27)22-21(18-10-3-5-12-20(18)28-22)25-14-16-8-2-4-11-19(16)24/h2-13,25H,14H2,1H3,(H,26,27). The molecule has 0 radical (unpaired) electrons. The van der Waals surface area contributed by atoms with Gasteiger partial charge in [0, 0.05) is 23.2 Å². The maximum Gasteiger partial charge on any atom is 0.293 e. The summed E-state index contributed by atoms with van der Waals surface area (Å²) >= 11 is 0. The number of halogens is 1. The van der Waals surface area contributed by atoms with Gasteiger partial charge >= 0.3 is 0 Å². The Bertz CT molecular complexity index is 1150. The van der Waals surface area contributed by atoms with Gasteiger partial charge < -0.3 is 15.1 Å². The lowest BCUT2D eigenvalue weighted by Crippen LogP contribution is -2.13. The van der Waals surface area contributed by atoms with Crippen molar-refractivity contribution in [1.29, 1.82) is 0 Å². The van der Waals surface area contributed by atoms with Gasteiger partial charge in [0.1, 0.15) is 11.4 Å². The third kappa shape index (κ3) is 3.60. The van der Waals surface area contributed by atoms with Crippen LogP contribution in [0.4, 0.5) is 15.8 Å². The molecule has 2 N–H and O–H groups in total. The first-order chi connectivity index (χ1) is 13.6. The Kier molecular flexibility index (Phi) is 4.81. The van der Waals surface area contributed by atoms with Crippen LogP contribution in [0.15, 0.2) is 77.2 Å². The fraction of sp³-hybridized carbons (Fsp3) is 0.0870. The van der Waals surface area contributed by atoms with Gasteiger partial charge in [-0.1, -0.05) is 42.5 Å². The molecule has 0 spiro atoms. The van der Waals surface area contributed by atoms with Gasteiger partial charge in [-0.05, 0) is 42.8 Å². The number of carbonyl (C=O) groups excluding carboxylic acids is 1. The van der Waals surface area contributed by atoms with Crippen LogP contribution < -0.4 is 10.6 Å². The molecule has 28 heavy (non-hydrogen) atoms. The molecule has 5 heteroatoms. The third-order valence-corrected chi connectivity index (χ3v) is 4.49. The molecule has 0 saturated heterocycles. The van der Waals surface area contributed by atoms with E-state index in [0.717, 1.165) is 10.9 Å². The second-order valence-electron chi connectivity index (χ2n) is 6.57. The predicted octanol–water partition coefficient (Wildman–Crippen LogP) is 5.74. The van der Waals surface area contributed by atoms with E-state index >= 15 is 0 Å². The minimum atomic E-state index is -0.363. The lowest BCUT2D eigenvalue weighted by Gasteiger charge is -2.09. The summed E-state index contributed by atoms with van der Waals surface area (Å²) in [5.41, 5.74) is 3.38. The van der Waals surface area contributed by atoms with E-state index in [9.17, 15) is 9.18 Å². The van der Waals surface area contributed by atoms with Gasteiger partial charge in [0.25, 0.3) is 5.91 Å². The van der Waals surface area contributed by atoms with Gasteiger partial charge in [-0.15, -0.1) is 0 Å². The van der Waals surface area contributed by atoms with Crippen molar-refractivity contribution in [3.8, 4) is 0 Å². The zero-order chi connectivity index (χ0) is 19.5. The minimum absolute atomic E-state index is 0.166. The van der Waals surface area contributed by atoms with Crippen LogP contribution in [0, 0.1) is 12.7 Å². The average molecular weight is 374 g/mol. The molecule has 4 rings (SSSR count). The molecule has 1 amide bonds. The molecule has 1 aromatic heterocycles. The van der Waals surface area contributed by atoms with E-state index in [0.29, 0.717) is 22.5 Å². The number of carbonyl (C=O) groups is 1. The smallest absolute Gasteiger partial charge is 0.293 e. The van der Waals surface area contributed by atoms with Crippen molar-refractivity contribution in [2.24, 2.45) is 0 Å². The highest BCUT2D eigenvalue weighted by molar-refractivity contribution is 6.11. The molecule has 0 aliphatic carbocycles. The zero-order valence-electron chi connectivity index (χ0n) is 15.3. The van der Waals surface area contributed by atoms with E-state index < -0.39 is 0 Å². The summed E-state index contributed by atoms with van der Waals surface area (Å²) in [6.45, 7) is 2.19. The first-order valence-corrected chi connectivity index (χ1v) is 8.98. The van der Waals surface area contributed by atoms with E-state index in [2.05, 4.69) is 10.6 Å². The number of para-hydroxylation sites is 1. The Hall–Kier alpha value is -3.60. The Morgan fingerprint density at radius 3 is 2.61 bits per heavy atom. The molecule has 0 aliphatic heterocycles. The lowest BCUT2D eigenvalue weighted by atomic mass is 10.1. The highest BCUT2D eigenvalue weighted by Gasteiger charge is 2.21. The number of fused-ring (bicyclic) bond motifs is 1. The van der Waals surface area contributed by atoms with Gasteiger partial charge in [-0.3, -0.25) is 4.79 Å². The van der Waals surface area contributed by atoms with Gasteiger partial charge in [0.2, 0.25) is 5.76 Å². The van der Waals surface area contributed by atoms with Gasteiger partial charge in [-0.2, -0.15) is 0 Å². The monoisotopic (exact) mass is 374 g/mol. The summed E-state index contributed by atoms with van der Waals surface area (Å²) in [6, 6.07) is 21.5. The number of amides is 1. The summed E-state index contributed by atoms with van der Waals surface area (Å²) in [7, 11) is 0. The van der Waals surface area contributed by atoms with Crippen LogP contribution in [0.1, 0.15) is 21.7 Å². The molecule has 0 atom stereocenters. The summed E-state index contributed by atoms with van der Waals surface area (Å²) in [5.74, 6) is -0.495. The van der Waals surface area contributed by atoms with Crippen LogP contribution in [0.5, 0.6) is 0 Å². The lowest BCUT2D eigenvalue weighted by molar-refractivity contribution is 0.0999. The van der Waals surface area contributed by atoms with Gasteiger partial charge in [0.15, 0.2) is 0 Å². The second-order valence-corrected chi connectivity index (χ2v) is 6.57. The molecular formula is C23H19FN2O2. The highest BCUT2D eigenvalue weighted by atomic mass is 19.1. The number of furan rings is 1. The van der Waals surface area contributed by atoms with Crippen LogP contribution in [0.25, 0.3) is 11.0 Å². The second kappa shape index (κ2) is 7.56. The molecule has 140 valence electrons. The number of benzene rings is 3. The van der Waals surface area contributed by atoms with E-state index in [-0.39, 0.29) is 24.0 Å². The Labute approximate surface area is 162 Å². The fourth-order valence-electron chi connectivity index (χ4n) is 3.12. The Morgan fingerprint density at radius 2 is 1.79 bits per heavy atom. The zero-order valence-corrected chi connectivity index (χ0v) is 15.3. The van der Waals surface area contributed by atoms with Crippen molar-refractivity contribution < 1.29 is 13.6 Å². The molecule has 0 fully saturated rings. The quantitative estimate of drug-likeness (QED) is 0.468. The van der Waals surface area contributed by atoms with Crippen LogP contribution in [0.2, 0.25) is 0 Å². The number of hydrogen-bond acceptors (Lipinski definition) is 3. The van der Waals surface area contributed by atoms with Crippen molar-refractivity contribution in [3.63, 3.8) is 0 Å². The number of anilines is 2. The molecular weight excluding hydrogens is 355 g/mol. The summed E-state index contributed by atoms with van der Waals surface area (Å²) < 4.78 is 19.8. The van der Waals surface area contributed by atoms with E-state index in [1.54, 1.807) is 24.3 Å². The first-order valence-electron chi connectivity index (χ1n) is 8.98. The number of nitrogens with one attached hydrogen (secondary N) is 2. The third-order valence-electron chi connectivity index (χ3n) is 4.49. The maximum atomic E-state index is 14.0. The summed E-state index contributed by atoms with van der Waals surface area (Å²) in [5, 5.41) is 6.81. The maximum absolute atomic E-state index is 14.0. The fourth-order valence-corrected chi connectivity index (χ4v) is 3.12. The Morgan fingerprint density at radius 1 is 1.00 bits per heavy atom. The molecule has 0 unspecified atom stereocenters. The SMILES string of the molecule is Cc1cccc(NC(=O)c2oc3ccccc3c2NCc2ccccc2F)c1. The van der Waals surface area contributed by atoms with E-state index in [1.807, 2.05) is 49.4 Å². The number of rotatable bonds is 5. The van der Waals surface area contributed by atoms with Crippen molar-refractivity contribution in [2.45, 2.75) is 13.5 Å². The molecule has 0 aliphatic rings. The number of aryl methyl sites for hydroxylation is 1. The van der Waals surface area contributed by atoms with E-state index in [4.69, 9.17) is 4.42 Å². The highest BCUT2D eigenvalue weighted by Crippen LogP contribution is 2.32. The first kappa shape index (κ1) is 17.8. The van der Waals surface area contributed by atoms with Crippen LogP contribution in [-0.2, 0) is 6.54 Å². The van der Waals surface area contributed by atoms with Crippen LogP contribution in [0.3, 0.4) is 0 Å². The molecule has 0 bridgehead atoms. The molecule has 1 heterocycles. The molecule has 0 saturated carbocycles. The molecule has 3 aromatic carbocycles. The van der Waals surface area contributed by atoms with Gasteiger partial charge in [0.05, 0.1) is 5.69 Å². The normalized spacial score (nSPS) is 10.8. The van der Waals surface area contributed by atoms with Gasteiger partial charge in [-0.25, -0.2) is 4.39 Å². The van der Waals surface area contributed by atoms with E-state index in [1.165, 1.54) is 6.07 Å².